The third-order valence-electron chi connectivity index (χ3n) is 5.82. The van der Waals surface area contributed by atoms with Crippen LogP contribution in [0.3, 0.4) is 0 Å². The molecule has 0 aliphatic carbocycles. The molecule has 1 atom stereocenters. The number of carbonyl (C=O) groups excluding carboxylic acids is 3. The van der Waals surface area contributed by atoms with Crippen LogP contribution in [-0.4, -0.2) is 78.8 Å². The summed E-state index contributed by atoms with van der Waals surface area (Å²) >= 11 is 0. The molecule has 3 amide bonds. The highest BCUT2D eigenvalue weighted by Crippen LogP contribution is 2.22. The zero-order valence-electron chi connectivity index (χ0n) is 17.6. The predicted molar refractivity (Wildman–Crippen MR) is 111 cm³/mol. The van der Waals surface area contributed by atoms with Gasteiger partial charge in [0.1, 0.15) is 17.6 Å². The summed E-state index contributed by atoms with van der Waals surface area (Å²) < 4.78 is 0. The Kier molecular flexibility index (Phi) is 6.71. The Balaban J connectivity index is 1.48. The van der Waals surface area contributed by atoms with Crippen molar-refractivity contribution in [3.63, 3.8) is 0 Å². The topological polar surface area (TPSA) is 85.8 Å². The summed E-state index contributed by atoms with van der Waals surface area (Å²) in [5, 5.41) is 3.05. The van der Waals surface area contributed by atoms with Crippen LogP contribution in [0.2, 0.25) is 0 Å². The molecule has 2 aliphatic heterocycles. The van der Waals surface area contributed by atoms with Crippen molar-refractivity contribution < 1.29 is 14.4 Å². The Hall–Kier alpha value is -2.64. The van der Waals surface area contributed by atoms with Gasteiger partial charge in [0.15, 0.2) is 0 Å². The van der Waals surface area contributed by atoms with Crippen LogP contribution in [0.5, 0.6) is 0 Å². The van der Waals surface area contributed by atoms with E-state index in [2.05, 4.69) is 15.2 Å². The van der Waals surface area contributed by atoms with Gasteiger partial charge in [-0.05, 0) is 43.7 Å². The molecule has 29 heavy (non-hydrogen) atoms. The maximum Gasteiger partial charge on any atom is 0.272 e. The van der Waals surface area contributed by atoms with Gasteiger partial charge in [0, 0.05) is 47.2 Å². The largest absolute Gasteiger partial charge is 0.357 e. The van der Waals surface area contributed by atoms with Crippen molar-refractivity contribution in [2.75, 3.05) is 45.2 Å². The van der Waals surface area contributed by atoms with E-state index in [9.17, 15) is 14.4 Å². The lowest BCUT2D eigenvalue weighted by Gasteiger charge is -2.33. The molecule has 1 aromatic rings. The monoisotopic (exact) mass is 401 g/mol. The molecule has 0 radical (unpaired) electrons. The fraction of sp³-hybridized carbons (Fsp3) is 0.619. The maximum absolute atomic E-state index is 12.5. The molecule has 1 N–H and O–H groups in total. The quantitative estimate of drug-likeness (QED) is 0.799. The molecule has 8 heteroatoms. The van der Waals surface area contributed by atoms with Crippen molar-refractivity contribution in [2.45, 2.75) is 38.6 Å². The van der Waals surface area contributed by atoms with E-state index in [-0.39, 0.29) is 23.8 Å². The van der Waals surface area contributed by atoms with Crippen molar-refractivity contribution >= 4 is 23.5 Å². The number of amides is 3. The van der Waals surface area contributed by atoms with E-state index in [1.807, 2.05) is 12.1 Å². The fourth-order valence-electron chi connectivity index (χ4n) is 4.09. The van der Waals surface area contributed by atoms with Crippen molar-refractivity contribution in [1.29, 1.82) is 0 Å². The Bertz CT molecular complexity index is 758. The summed E-state index contributed by atoms with van der Waals surface area (Å²) in [5.74, 6) is 1.07. The van der Waals surface area contributed by atoms with E-state index in [1.54, 1.807) is 25.1 Å². The van der Waals surface area contributed by atoms with E-state index in [1.165, 1.54) is 11.8 Å². The van der Waals surface area contributed by atoms with Gasteiger partial charge in [0.05, 0.1) is 0 Å². The first-order valence-corrected chi connectivity index (χ1v) is 10.4. The summed E-state index contributed by atoms with van der Waals surface area (Å²) in [6.45, 7) is 4.53. The number of nitrogens with zero attached hydrogens (tertiary/aromatic N) is 4. The third kappa shape index (κ3) is 5.05. The molecule has 0 unspecified atom stereocenters. The first-order chi connectivity index (χ1) is 13.9. The molecule has 3 heterocycles. The number of pyridine rings is 1. The number of likely N-dealkylation sites (tertiary alicyclic amines) is 1. The minimum Gasteiger partial charge on any atom is -0.357 e. The number of nitrogens with one attached hydrogen (secondary N) is 1. The minimum absolute atomic E-state index is 0.0292. The standard InChI is InChI=1S/C21H31N5O3/c1-15(27)26-11-5-7-18(26)20(28)22-14-16-9-12-25(13-10-16)19-8-4-6-17(23-19)21(29)24(2)3/h4,6,8,16,18H,5,7,9-14H2,1-3H3,(H,22,28)/t18-/m0/s1. The molecular formula is C21H31N5O3. The van der Waals surface area contributed by atoms with Gasteiger partial charge in [-0.1, -0.05) is 6.07 Å². The van der Waals surface area contributed by atoms with Crippen LogP contribution < -0.4 is 10.2 Å². The van der Waals surface area contributed by atoms with Crippen LogP contribution in [0, 0.1) is 5.92 Å². The second-order valence-electron chi connectivity index (χ2n) is 8.13. The second kappa shape index (κ2) is 9.24. The normalized spacial score (nSPS) is 19.9. The lowest BCUT2D eigenvalue weighted by molar-refractivity contribution is -0.136. The molecule has 158 valence electrons. The Morgan fingerprint density at radius 2 is 1.86 bits per heavy atom. The Labute approximate surface area is 172 Å². The van der Waals surface area contributed by atoms with Gasteiger partial charge < -0.3 is 20.0 Å². The highest BCUT2D eigenvalue weighted by atomic mass is 16.2. The summed E-state index contributed by atoms with van der Waals surface area (Å²) in [4.78, 5) is 46.2. The van der Waals surface area contributed by atoms with Crippen LogP contribution >= 0.6 is 0 Å². The molecule has 0 spiro atoms. The van der Waals surface area contributed by atoms with Gasteiger partial charge in [-0.2, -0.15) is 0 Å². The van der Waals surface area contributed by atoms with Gasteiger partial charge in [0.2, 0.25) is 11.8 Å². The number of aromatic nitrogens is 1. The van der Waals surface area contributed by atoms with Gasteiger partial charge in [-0.3, -0.25) is 14.4 Å². The Morgan fingerprint density at radius 3 is 2.52 bits per heavy atom. The van der Waals surface area contributed by atoms with Gasteiger partial charge >= 0.3 is 0 Å². The lowest BCUT2D eigenvalue weighted by Crippen LogP contribution is -2.47. The van der Waals surface area contributed by atoms with Crippen molar-refractivity contribution in [3.05, 3.63) is 23.9 Å². The smallest absolute Gasteiger partial charge is 0.272 e. The maximum atomic E-state index is 12.5. The van der Waals surface area contributed by atoms with Crippen LogP contribution in [-0.2, 0) is 9.59 Å². The average molecular weight is 402 g/mol. The van der Waals surface area contributed by atoms with E-state index in [0.29, 0.717) is 24.7 Å². The summed E-state index contributed by atoms with van der Waals surface area (Å²) in [7, 11) is 3.44. The molecule has 0 bridgehead atoms. The first-order valence-electron chi connectivity index (χ1n) is 10.4. The van der Waals surface area contributed by atoms with E-state index < -0.39 is 0 Å². The number of anilines is 1. The SMILES string of the molecule is CC(=O)N1CCC[C@H]1C(=O)NCC1CCN(c2cccc(C(=O)N(C)C)n2)CC1. The fourth-order valence-corrected chi connectivity index (χ4v) is 4.09. The molecule has 0 saturated carbocycles. The molecule has 8 nitrogen and oxygen atoms in total. The van der Waals surface area contributed by atoms with Crippen molar-refractivity contribution in [2.24, 2.45) is 5.92 Å². The van der Waals surface area contributed by atoms with Crippen LogP contribution in [0.15, 0.2) is 18.2 Å². The molecule has 2 saturated heterocycles. The average Bonchev–Trinajstić information content (AvgIpc) is 3.22. The second-order valence-corrected chi connectivity index (χ2v) is 8.13. The lowest BCUT2D eigenvalue weighted by atomic mass is 9.96. The van der Waals surface area contributed by atoms with Crippen molar-refractivity contribution in [1.82, 2.24) is 20.1 Å². The predicted octanol–water partition coefficient (Wildman–Crippen LogP) is 1.13. The van der Waals surface area contributed by atoms with Crippen molar-refractivity contribution in [3.8, 4) is 0 Å². The number of piperidine rings is 1. The zero-order valence-corrected chi connectivity index (χ0v) is 17.6. The van der Waals surface area contributed by atoms with E-state index >= 15 is 0 Å². The van der Waals surface area contributed by atoms with E-state index in [0.717, 1.165) is 44.6 Å². The molecule has 0 aromatic carbocycles. The van der Waals surface area contributed by atoms with Gasteiger partial charge in [0.25, 0.3) is 5.91 Å². The highest BCUT2D eigenvalue weighted by Gasteiger charge is 2.32. The Morgan fingerprint density at radius 1 is 1.14 bits per heavy atom. The van der Waals surface area contributed by atoms with E-state index in [4.69, 9.17) is 0 Å². The number of hydrogen-bond donors (Lipinski definition) is 1. The first kappa shape index (κ1) is 21.1. The molecular weight excluding hydrogens is 370 g/mol. The molecule has 3 rings (SSSR count). The number of rotatable bonds is 5. The summed E-state index contributed by atoms with van der Waals surface area (Å²) in [5.41, 5.74) is 0.452. The molecule has 2 fully saturated rings. The molecule has 1 aromatic heterocycles. The van der Waals surface area contributed by atoms with Crippen LogP contribution in [0.1, 0.15) is 43.1 Å². The molecule has 2 aliphatic rings. The van der Waals surface area contributed by atoms with Crippen LogP contribution in [0.4, 0.5) is 5.82 Å². The highest BCUT2D eigenvalue weighted by molar-refractivity contribution is 5.92. The summed E-state index contributed by atoms with van der Waals surface area (Å²) in [6, 6.07) is 5.23. The third-order valence-corrected chi connectivity index (χ3v) is 5.82. The van der Waals surface area contributed by atoms with Crippen LogP contribution in [0.25, 0.3) is 0 Å². The number of hydrogen-bond acceptors (Lipinski definition) is 5. The zero-order chi connectivity index (χ0) is 21.0. The van der Waals surface area contributed by atoms with Gasteiger partial charge in [-0.15, -0.1) is 0 Å². The summed E-state index contributed by atoms with van der Waals surface area (Å²) in [6.07, 6.45) is 3.54. The minimum atomic E-state index is -0.311. The number of carbonyl (C=O) groups is 3. The van der Waals surface area contributed by atoms with Gasteiger partial charge in [-0.25, -0.2) is 4.98 Å².